The summed E-state index contributed by atoms with van der Waals surface area (Å²) < 4.78 is 5.48. The molecule has 422 valence electrons. The predicted octanol–water partition coefficient (Wildman–Crippen LogP) is 20.1. The lowest BCUT2D eigenvalue weighted by atomic mass is 10.0. The first-order valence-corrected chi connectivity index (χ1v) is 31.9. The summed E-state index contributed by atoms with van der Waals surface area (Å²) in [4.78, 5) is 24.6. The average molecular weight is 1010 g/mol. The molecule has 72 heavy (non-hydrogen) atoms. The topological polar surface area (TPSA) is 95.9 Å². The predicted molar refractivity (Wildman–Crippen MR) is 315 cm³/mol. The van der Waals surface area contributed by atoms with Crippen molar-refractivity contribution < 1.29 is 24.5 Å². The lowest BCUT2D eigenvalue weighted by Crippen LogP contribution is -2.45. The van der Waals surface area contributed by atoms with Crippen LogP contribution in [0.5, 0.6) is 0 Å². The van der Waals surface area contributed by atoms with Crippen LogP contribution in [0.4, 0.5) is 0 Å². The maximum Gasteiger partial charge on any atom is 0.305 e. The van der Waals surface area contributed by atoms with E-state index in [-0.39, 0.29) is 18.5 Å². The van der Waals surface area contributed by atoms with Crippen LogP contribution in [0.3, 0.4) is 0 Å². The van der Waals surface area contributed by atoms with Gasteiger partial charge in [-0.05, 0) is 89.9 Å². The van der Waals surface area contributed by atoms with Crippen LogP contribution in [0.25, 0.3) is 0 Å². The molecule has 3 N–H and O–H groups in total. The third kappa shape index (κ3) is 57.1. The third-order valence-corrected chi connectivity index (χ3v) is 14.6. The molecule has 0 saturated heterocycles. The molecule has 0 bridgehead atoms. The van der Waals surface area contributed by atoms with E-state index >= 15 is 0 Å². The van der Waals surface area contributed by atoms with E-state index in [2.05, 4.69) is 55.6 Å². The molecule has 0 saturated carbocycles. The van der Waals surface area contributed by atoms with Crippen molar-refractivity contribution in [1.29, 1.82) is 0 Å². The van der Waals surface area contributed by atoms with Crippen LogP contribution >= 0.6 is 0 Å². The van der Waals surface area contributed by atoms with Crippen molar-refractivity contribution in [2.45, 2.75) is 347 Å². The van der Waals surface area contributed by atoms with Gasteiger partial charge < -0.3 is 20.3 Å². The number of amides is 1. The average Bonchev–Trinajstić information content (AvgIpc) is 3.38. The maximum atomic E-state index is 12.5. The van der Waals surface area contributed by atoms with Gasteiger partial charge >= 0.3 is 5.97 Å². The van der Waals surface area contributed by atoms with Gasteiger partial charge in [-0.25, -0.2) is 0 Å². The first-order chi connectivity index (χ1) is 35.5. The van der Waals surface area contributed by atoms with Crippen molar-refractivity contribution in [2.24, 2.45) is 0 Å². The summed E-state index contributed by atoms with van der Waals surface area (Å²) in [5.74, 6) is -0.0945. The first kappa shape index (κ1) is 69.8. The molecule has 2 unspecified atom stereocenters. The molecule has 0 spiro atoms. The summed E-state index contributed by atoms with van der Waals surface area (Å²) in [5, 5.41) is 23.2. The quantitative estimate of drug-likeness (QED) is 0.0320. The Bertz CT molecular complexity index is 1210. The molecule has 0 aromatic rings. The Hall–Kier alpha value is -2.18. The monoisotopic (exact) mass is 1010 g/mol. The zero-order valence-corrected chi connectivity index (χ0v) is 48.2. The number of nitrogens with one attached hydrogen (secondary N) is 1. The van der Waals surface area contributed by atoms with Gasteiger partial charge in [0.1, 0.15) is 0 Å². The second-order valence-corrected chi connectivity index (χ2v) is 21.7. The number of aliphatic hydroxyl groups is 2. The smallest absolute Gasteiger partial charge is 0.305 e. The van der Waals surface area contributed by atoms with Crippen LogP contribution in [-0.4, -0.2) is 47.4 Å². The minimum atomic E-state index is -0.857. The van der Waals surface area contributed by atoms with Crippen LogP contribution in [0, 0.1) is 0 Å². The molecule has 0 aliphatic heterocycles. The number of hydrogen-bond donors (Lipinski definition) is 3. The molecule has 0 aliphatic carbocycles. The summed E-state index contributed by atoms with van der Waals surface area (Å²) in [6.45, 7) is 4.88. The van der Waals surface area contributed by atoms with E-state index in [9.17, 15) is 19.8 Å². The number of rotatable bonds is 59. The molecule has 0 heterocycles. The van der Waals surface area contributed by atoms with E-state index in [0.717, 1.165) is 70.6 Å². The third-order valence-electron chi connectivity index (χ3n) is 14.6. The standard InChI is InChI=1S/C66H123NO5/c1-3-5-7-9-11-13-15-17-19-21-23-24-25-26-30-34-38-42-46-50-54-58-64(69)63(62-68)67-65(70)59-55-51-47-43-39-35-31-28-29-33-37-41-45-49-53-57-61-72-66(71)60-56-52-48-44-40-36-32-27-22-20-18-16-14-12-10-8-6-4-2/h14,16,20,22,28,31,54,58,63-64,68-69H,3-13,15,17-19,21,23-27,29-30,32-53,55-57,59-62H2,1-2H3,(H,67,70)/b16-14-,22-20-,31-28-,58-54+. The second kappa shape index (κ2) is 61.4. The molecule has 0 radical (unpaired) electrons. The van der Waals surface area contributed by atoms with Crippen molar-refractivity contribution >= 4 is 11.9 Å². The van der Waals surface area contributed by atoms with E-state index < -0.39 is 12.1 Å². The lowest BCUT2D eigenvalue weighted by molar-refractivity contribution is -0.143. The zero-order valence-electron chi connectivity index (χ0n) is 48.2. The van der Waals surface area contributed by atoms with Crippen LogP contribution in [0.1, 0.15) is 335 Å². The first-order valence-electron chi connectivity index (χ1n) is 31.9. The molecule has 6 heteroatoms. The minimum absolute atomic E-state index is 0.0111. The molecule has 0 fully saturated rings. The van der Waals surface area contributed by atoms with Gasteiger partial charge in [-0.15, -0.1) is 0 Å². The molecule has 0 aromatic heterocycles. The summed E-state index contributed by atoms with van der Waals surface area (Å²) in [6.07, 6.45) is 78.6. The van der Waals surface area contributed by atoms with Gasteiger partial charge in [-0.1, -0.05) is 281 Å². The van der Waals surface area contributed by atoms with Gasteiger partial charge in [0.25, 0.3) is 0 Å². The van der Waals surface area contributed by atoms with Crippen LogP contribution in [-0.2, 0) is 14.3 Å². The molecule has 2 atom stereocenters. The van der Waals surface area contributed by atoms with Gasteiger partial charge in [0.2, 0.25) is 5.91 Å². The highest BCUT2D eigenvalue weighted by atomic mass is 16.5. The fourth-order valence-corrected chi connectivity index (χ4v) is 9.66. The SMILES string of the molecule is CCCCCC/C=C\C/C=C\CCCCCCCCCC(=O)OCCCCCCCCC/C=C\CCCCCCCC(=O)NC(CO)C(O)/C=C/CCCCCCCCCCCCCCCCCCCCC. The Morgan fingerprint density at radius 3 is 1.08 bits per heavy atom. The summed E-state index contributed by atoms with van der Waals surface area (Å²) in [6, 6.07) is -0.642. The number of carbonyl (C=O) groups excluding carboxylic acids is 2. The highest BCUT2D eigenvalue weighted by Gasteiger charge is 2.18. The number of carbonyl (C=O) groups is 2. The zero-order chi connectivity index (χ0) is 52.2. The number of allylic oxidation sites excluding steroid dienone is 7. The van der Waals surface area contributed by atoms with E-state index in [4.69, 9.17) is 4.74 Å². The second-order valence-electron chi connectivity index (χ2n) is 21.7. The normalized spacial score (nSPS) is 12.9. The van der Waals surface area contributed by atoms with Crippen molar-refractivity contribution in [3.63, 3.8) is 0 Å². The Balaban J connectivity index is 3.49. The van der Waals surface area contributed by atoms with Gasteiger partial charge in [-0.3, -0.25) is 9.59 Å². The van der Waals surface area contributed by atoms with Gasteiger partial charge in [0, 0.05) is 12.8 Å². The molecular weight excluding hydrogens is 887 g/mol. The summed E-state index contributed by atoms with van der Waals surface area (Å²) in [7, 11) is 0. The van der Waals surface area contributed by atoms with Crippen molar-refractivity contribution in [1.82, 2.24) is 5.32 Å². The van der Waals surface area contributed by atoms with Crippen molar-refractivity contribution in [3.05, 3.63) is 48.6 Å². The number of unbranched alkanes of at least 4 members (excludes halogenated alkanes) is 42. The van der Waals surface area contributed by atoms with Gasteiger partial charge in [0.15, 0.2) is 0 Å². The number of esters is 1. The van der Waals surface area contributed by atoms with Gasteiger partial charge in [0.05, 0.1) is 25.4 Å². The Morgan fingerprint density at radius 2 is 0.694 bits per heavy atom. The van der Waals surface area contributed by atoms with Crippen molar-refractivity contribution in [3.8, 4) is 0 Å². The molecule has 0 aliphatic rings. The molecule has 0 aromatic carbocycles. The highest BCUT2D eigenvalue weighted by Crippen LogP contribution is 2.17. The minimum Gasteiger partial charge on any atom is -0.466 e. The van der Waals surface area contributed by atoms with E-state index in [1.807, 2.05) is 6.08 Å². The maximum absolute atomic E-state index is 12.5. The number of ether oxygens (including phenoxy) is 1. The van der Waals surface area contributed by atoms with E-state index in [1.54, 1.807) is 6.08 Å². The molecule has 1 amide bonds. The summed E-state index contributed by atoms with van der Waals surface area (Å²) >= 11 is 0. The number of aliphatic hydroxyl groups excluding tert-OH is 2. The fourth-order valence-electron chi connectivity index (χ4n) is 9.66. The number of hydrogen-bond acceptors (Lipinski definition) is 5. The van der Waals surface area contributed by atoms with Crippen LogP contribution in [0.15, 0.2) is 48.6 Å². The van der Waals surface area contributed by atoms with Crippen LogP contribution in [0.2, 0.25) is 0 Å². The Labute approximate surface area is 448 Å². The Kier molecular flexibility index (Phi) is 59.5. The van der Waals surface area contributed by atoms with Crippen LogP contribution < -0.4 is 5.32 Å². The highest BCUT2D eigenvalue weighted by molar-refractivity contribution is 5.76. The largest absolute Gasteiger partial charge is 0.466 e. The van der Waals surface area contributed by atoms with E-state index in [1.165, 1.54) is 238 Å². The molecule has 0 rings (SSSR count). The molecule has 6 nitrogen and oxygen atoms in total. The van der Waals surface area contributed by atoms with Crippen molar-refractivity contribution in [2.75, 3.05) is 13.2 Å². The molecular formula is C66H123NO5. The lowest BCUT2D eigenvalue weighted by Gasteiger charge is -2.20. The summed E-state index contributed by atoms with van der Waals surface area (Å²) in [5.41, 5.74) is 0. The fraction of sp³-hybridized carbons (Fsp3) is 0.848. The van der Waals surface area contributed by atoms with E-state index in [0.29, 0.717) is 19.4 Å². The van der Waals surface area contributed by atoms with Gasteiger partial charge in [-0.2, -0.15) is 0 Å². The Morgan fingerprint density at radius 1 is 0.389 bits per heavy atom.